The molecule has 4 aromatic carbocycles. The molecule has 0 bridgehead atoms. The summed E-state index contributed by atoms with van der Waals surface area (Å²) in [5.41, 5.74) is 2.70. The summed E-state index contributed by atoms with van der Waals surface area (Å²) in [5.74, 6) is 2.51. The first kappa shape index (κ1) is 24.3. The number of hydrogen-bond donors (Lipinski definition) is 2. The third-order valence-electron chi connectivity index (χ3n) is 5.79. The topological polar surface area (TPSA) is 89.8 Å². The van der Waals surface area contributed by atoms with E-state index in [1.54, 1.807) is 73.8 Å². The van der Waals surface area contributed by atoms with Crippen LogP contribution in [0.2, 0.25) is 0 Å². The SMILES string of the molecule is COc1ccc(Oc2ccc(NCc3cc4ccccc4o3)c(NS(=O)(=O)c3ccc(C)cc3)c2)cc1. The molecule has 8 heteroatoms. The first-order valence-electron chi connectivity index (χ1n) is 11.7. The van der Waals surface area contributed by atoms with Crippen molar-refractivity contribution >= 4 is 32.4 Å². The Kier molecular flexibility index (Phi) is 6.74. The second kappa shape index (κ2) is 10.3. The van der Waals surface area contributed by atoms with Crippen molar-refractivity contribution in [3.63, 3.8) is 0 Å². The van der Waals surface area contributed by atoms with Crippen molar-refractivity contribution in [2.24, 2.45) is 0 Å². The van der Waals surface area contributed by atoms with E-state index in [1.165, 1.54) is 0 Å². The van der Waals surface area contributed by atoms with Gasteiger partial charge in [0.2, 0.25) is 0 Å². The van der Waals surface area contributed by atoms with Crippen LogP contribution in [0, 0.1) is 6.92 Å². The van der Waals surface area contributed by atoms with Gasteiger partial charge in [-0.05, 0) is 67.6 Å². The lowest BCUT2D eigenvalue weighted by molar-refractivity contribution is 0.413. The molecule has 0 atom stereocenters. The molecule has 188 valence electrons. The van der Waals surface area contributed by atoms with Crippen molar-refractivity contribution in [3.8, 4) is 17.2 Å². The van der Waals surface area contributed by atoms with Crippen LogP contribution in [0.1, 0.15) is 11.3 Å². The van der Waals surface area contributed by atoms with Gasteiger partial charge >= 0.3 is 0 Å². The monoisotopic (exact) mass is 514 g/mol. The van der Waals surface area contributed by atoms with Crippen LogP contribution in [-0.4, -0.2) is 15.5 Å². The van der Waals surface area contributed by atoms with E-state index in [2.05, 4.69) is 10.0 Å². The van der Waals surface area contributed by atoms with Gasteiger partial charge in [0, 0.05) is 11.5 Å². The molecule has 0 aliphatic carbocycles. The van der Waals surface area contributed by atoms with Crippen LogP contribution in [-0.2, 0) is 16.6 Å². The number of para-hydroxylation sites is 1. The number of aryl methyl sites for hydroxylation is 1. The van der Waals surface area contributed by atoms with Gasteiger partial charge in [-0.15, -0.1) is 0 Å². The second-order valence-corrected chi connectivity index (χ2v) is 10.2. The Bertz CT molecular complexity index is 1590. The fourth-order valence-electron chi connectivity index (χ4n) is 3.83. The molecule has 0 radical (unpaired) electrons. The maximum Gasteiger partial charge on any atom is 0.261 e. The molecule has 37 heavy (non-hydrogen) atoms. The minimum Gasteiger partial charge on any atom is -0.497 e. The molecule has 0 fully saturated rings. The Morgan fingerprint density at radius 2 is 1.49 bits per heavy atom. The highest BCUT2D eigenvalue weighted by atomic mass is 32.2. The Hall–Kier alpha value is -4.43. The molecule has 5 aromatic rings. The van der Waals surface area contributed by atoms with Crippen LogP contribution in [0.5, 0.6) is 17.2 Å². The second-order valence-electron chi connectivity index (χ2n) is 8.51. The summed E-state index contributed by atoms with van der Waals surface area (Å²) < 4.78 is 46.1. The van der Waals surface area contributed by atoms with Crippen LogP contribution < -0.4 is 19.5 Å². The third kappa shape index (κ3) is 5.70. The summed E-state index contributed by atoms with van der Waals surface area (Å²) in [7, 11) is -2.24. The zero-order valence-electron chi connectivity index (χ0n) is 20.4. The van der Waals surface area contributed by atoms with Crippen LogP contribution in [0.3, 0.4) is 0 Å². The molecule has 0 spiro atoms. The Morgan fingerprint density at radius 1 is 0.784 bits per heavy atom. The molecule has 1 aromatic heterocycles. The lowest BCUT2D eigenvalue weighted by atomic mass is 10.2. The van der Waals surface area contributed by atoms with Gasteiger partial charge in [-0.25, -0.2) is 8.42 Å². The minimum atomic E-state index is -3.84. The highest BCUT2D eigenvalue weighted by Gasteiger charge is 2.17. The van der Waals surface area contributed by atoms with Gasteiger partial charge in [0.05, 0.1) is 29.9 Å². The van der Waals surface area contributed by atoms with Crippen molar-refractivity contribution in [2.45, 2.75) is 18.4 Å². The standard InChI is InChI=1S/C29H26N2O5S/c1-20-7-14-26(15-8-20)37(32,33)31-28-18-24(35-23-11-9-22(34-2)10-12-23)13-16-27(28)30-19-25-17-21-5-3-4-6-29(21)36-25/h3-18,30-31H,19H2,1-2H3. The van der Waals surface area contributed by atoms with E-state index < -0.39 is 10.0 Å². The molecule has 0 unspecified atom stereocenters. The maximum atomic E-state index is 13.2. The van der Waals surface area contributed by atoms with Crippen molar-refractivity contribution in [1.82, 2.24) is 0 Å². The normalized spacial score (nSPS) is 11.3. The first-order valence-corrected chi connectivity index (χ1v) is 13.1. The molecule has 5 rings (SSSR count). The molecule has 0 saturated carbocycles. The highest BCUT2D eigenvalue weighted by Crippen LogP contribution is 2.33. The molecule has 2 N–H and O–H groups in total. The lowest BCUT2D eigenvalue weighted by Gasteiger charge is -2.16. The van der Waals surface area contributed by atoms with Crippen LogP contribution in [0.15, 0.2) is 106 Å². The number of benzene rings is 4. The van der Waals surface area contributed by atoms with E-state index in [1.807, 2.05) is 37.3 Å². The summed E-state index contributed by atoms with van der Waals surface area (Å²) in [4.78, 5) is 0.169. The van der Waals surface area contributed by atoms with E-state index in [0.717, 1.165) is 22.3 Å². The number of methoxy groups -OCH3 is 1. The summed E-state index contributed by atoms with van der Waals surface area (Å²) in [6, 6.07) is 28.7. The highest BCUT2D eigenvalue weighted by molar-refractivity contribution is 7.92. The number of anilines is 2. The molecular formula is C29H26N2O5S. The van der Waals surface area contributed by atoms with E-state index in [0.29, 0.717) is 35.2 Å². The van der Waals surface area contributed by atoms with Gasteiger partial charge in [0.15, 0.2) is 0 Å². The average molecular weight is 515 g/mol. The zero-order valence-corrected chi connectivity index (χ0v) is 21.2. The van der Waals surface area contributed by atoms with Gasteiger partial charge in [-0.3, -0.25) is 4.72 Å². The molecular weight excluding hydrogens is 488 g/mol. The molecule has 0 aliphatic rings. The first-order chi connectivity index (χ1) is 17.9. The van der Waals surface area contributed by atoms with Crippen molar-refractivity contribution in [1.29, 1.82) is 0 Å². The largest absolute Gasteiger partial charge is 0.497 e. The van der Waals surface area contributed by atoms with Crippen molar-refractivity contribution in [2.75, 3.05) is 17.1 Å². The van der Waals surface area contributed by atoms with Gasteiger partial charge in [0.25, 0.3) is 10.0 Å². The number of hydrogen-bond acceptors (Lipinski definition) is 6. The molecule has 7 nitrogen and oxygen atoms in total. The summed E-state index contributed by atoms with van der Waals surface area (Å²) in [5, 5.41) is 4.29. The van der Waals surface area contributed by atoms with Crippen molar-refractivity contribution < 1.29 is 22.3 Å². The molecule has 0 saturated heterocycles. The van der Waals surface area contributed by atoms with E-state index in [4.69, 9.17) is 13.9 Å². The smallest absolute Gasteiger partial charge is 0.261 e. The molecule has 1 heterocycles. The summed E-state index contributed by atoms with van der Waals surface area (Å²) >= 11 is 0. The van der Waals surface area contributed by atoms with E-state index in [-0.39, 0.29) is 4.90 Å². The minimum absolute atomic E-state index is 0.169. The fraction of sp³-hybridized carbons (Fsp3) is 0.103. The quantitative estimate of drug-likeness (QED) is 0.221. The van der Waals surface area contributed by atoms with Gasteiger partial charge in [0.1, 0.15) is 28.6 Å². The maximum absolute atomic E-state index is 13.2. The van der Waals surface area contributed by atoms with Crippen LogP contribution in [0.25, 0.3) is 11.0 Å². The number of ether oxygens (including phenoxy) is 2. The predicted octanol–water partition coefficient (Wildman–Crippen LogP) is 6.96. The number of nitrogens with one attached hydrogen (secondary N) is 2. The fourth-order valence-corrected chi connectivity index (χ4v) is 4.90. The van der Waals surface area contributed by atoms with Gasteiger partial charge in [-0.2, -0.15) is 0 Å². The summed E-state index contributed by atoms with van der Waals surface area (Å²) in [6.45, 7) is 2.27. The number of rotatable bonds is 9. The van der Waals surface area contributed by atoms with E-state index >= 15 is 0 Å². The lowest BCUT2D eigenvalue weighted by Crippen LogP contribution is -2.14. The molecule has 0 amide bonds. The molecule has 0 aliphatic heterocycles. The summed E-state index contributed by atoms with van der Waals surface area (Å²) in [6.07, 6.45) is 0. The van der Waals surface area contributed by atoms with Gasteiger partial charge in [-0.1, -0.05) is 35.9 Å². The Balaban J connectivity index is 1.43. The predicted molar refractivity (Wildman–Crippen MR) is 145 cm³/mol. The third-order valence-corrected chi connectivity index (χ3v) is 7.17. The number of fused-ring (bicyclic) bond motifs is 1. The van der Waals surface area contributed by atoms with Gasteiger partial charge < -0.3 is 19.2 Å². The Labute approximate surface area is 215 Å². The zero-order chi connectivity index (χ0) is 25.8. The van der Waals surface area contributed by atoms with E-state index in [9.17, 15) is 8.42 Å². The number of sulfonamides is 1. The Morgan fingerprint density at radius 3 is 2.22 bits per heavy atom. The van der Waals surface area contributed by atoms with Crippen LogP contribution >= 0.6 is 0 Å². The van der Waals surface area contributed by atoms with Crippen molar-refractivity contribution in [3.05, 3.63) is 108 Å². The van der Waals surface area contributed by atoms with Crippen LogP contribution in [0.4, 0.5) is 11.4 Å². The average Bonchev–Trinajstić information content (AvgIpc) is 3.32. The number of furan rings is 1.